The molecular weight excluding hydrogens is 440 g/mol. The summed E-state index contributed by atoms with van der Waals surface area (Å²) in [5.41, 5.74) is 4.69. The SMILES string of the molecule is CCCOC(=O)[C@H]1[C@H](C(=O)OCC[Si](C)(C)C)C2CC(=NNC(C)=O)[C@H]1c1cc(O)ccc12. The summed E-state index contributed by atoms with van der Waals surface area (Å²) in [5.74, 6) is -3.66. The highest BCUT2D eigenvalue weighted by Gasteiger charge is 2.57. The first-order chi connectivity index (χ1) is 15.5. The second-order valence-corrected chi connectivity index (χ2v) is 15.7. The van der Waals surface area contributed by atoms with Crippen LogP contribution in [-0.4, -0.2) is 50.0 Å². The van der Waals surface area contributed by atoms with Crippen LogP contribution >= 0.6 is 0 Å². The zero-order valence-corrected chi connectivity index (χ0v) is 21.0. The fourth-order valence-electron chi connectivity index (χ4n) is 4.70. The minimum atomic E-state index is -1.40. The van der Waals surface area contributed by atoms with Crippen molar-refractivity contribution in [1.82, 2.24) is 5.43 Å². The molecule has 3 aliphatic rings. The summed E-state index contributed by atoms with van der Waals surface area (Å²) in [4.78, 5) is 38.1. The van der Waals surface area contributed by atoms with E-state index in [-0.39, 0.29) is 24.2 Å². The molecule has 3 aliphatic carbocycles. The predicted molar refractivity (Wildman–Crippen MR) is 127 cm³/mol. The maximum Gasteiger partial charge on any atom is 0.310 e. The van der Waals surface area contributed by atoms with Crippen LogP contribution in [0.25, 0.3) is 0 Å². The molecule has 0 aliphatic heterocycles. The molecule has 0 aromatic heterocycles. The summed E-state index contributed by atoms with van der Waals surface area (Å²) in [6, 6.07) is 5.84. The number of rotatable bonds is 8. The molecule has 2 bridgehead atoms. The van der Waals surface area contributed by atoms with E-state index in [2.05, 4.69) is 30.2 Å². The maximum absolute atomic E-state index is 13.3. The van der Waals surface area contributed by atoms with Crippen LogP contribution in [0.3, 0.4) is 0 Å². The number of nitrogens with one attached hydrogen (secondary N) is 1. The van der Waals surface area contributed by atoms with E-state index in [1.165, 1.54) is 6.92 Å². The molecule has 0 heterocycles. The molecule has 1 aromatic carbocycles. The number of carbonyl (C=O) groups excluding carboxylic acids is 3. The average molecular weight is 475 g/mol. The van der Waals surface area contributed by atoms with E-state index in [9.17, 15) is 19.5 Å². The Balaban J connectivity index is 2.03. The van der Waals surface area contributed by atoms with Gasteiger partial charge in [0.15, 0.2) is 0 Å². The quantitative estimate of drug-likeness (QED) is 0.338. The third kappa shape index (κ3) is 5.63. The predicted octanol–water partition coefficient (Wildman–Crippen LogP) is 3.54. The van der Waals surface area contributed by atoms with E-state index < -0.39 is 37.8 Å². The van der Waals surface area contributed by atoms with Crippen LogP contribution in [0.4, 0.5) is 0 Å². The number of benzene rings is 1. The zero-order chi connectivity index (χ0) is 24.3. The van der Waals surface area contributed by atoms with Gasteiger partial charge >= 0.3 is 11.9 Å². The Morgan fingerprint density at radius 1 is 1.09 bits per heavy atom. The molecule has 0 saturated heterocycles. The minimum Gasteiger partial charge on any atom is -0.508 e. The number of phenols is 1. The second kappa shape index (κ2) is 10.1. The topological polar surface area (TPSA) is 114 Å². The van der Waals surface area contributed by atoms with Gasteiger partial charge in [0.05, 0.1) is 25.0 Å². The van der Waals surface area contributed by atoms with Gasteiger partial charge in [0.2, 0.25) is 5.91 Å². The zero-order valence-electron chi connectivity index (χ0n) is 20.0. The molecule has 0 spiro atoms. The molecule has 33 heavy (non-hydrogen) atoms. The van der Waals surface area contributed by atoms with Crippen molar-refractivity contribution in [3.63, 3.8) is 0 Å². The van der Waals surface area contributed by atoms with Crippen LogP contribution in [0.1, 0.15) is 49.7 Å². The molecule has 2 N–H and O–H groups in total. The summed E-state index contributed by atoms with van der Waals surface area (Å²) < 4.78 is 11.2. The van der Waals surface area contributed by atoms with Crippen molar-refractivity contribution in [2.45, 2.75) is 64.2 Å². The van der Waals surface area contributed by atoms with Gasteiger partial charge in [-0.1, -0.05) is 32.6 Å². The number of hydrogen-bond donors (Lipinski definition) is 2. The van der Waals surface area contributed by atoms with E-state index in [1.54, 1.807) is 18.2 Å². The molecule has 1 saturated carbocycles. The Morgan fingerprint density at radius 2 is 1.76 bits per heavy atom. The number of carbonyl (C=O) groups is 3. The largest absolute Gasteiger partial charge is 0.508 e. The van der Waals surface area contributed by atoms with Crippen LogP contribution in [0.15, 0.2) is 23.3 Å². The van der Waals surface area contributed by atoms with Crippen molar-refractivity contribution in [1.29, 1.82) is 0 Å². The summed E-state index contributed by atoms with van der Waals surface area (Å²) in [6.07, 6.45) is 1.07. The van der Waals surface area contributed by atoms with E-state index in [4.69, 9.17) is 9.47 Å². The normalized spacial score (nSPS) is 24.8. The minimum absolute atomic E-state index is 0.0649. The maximum atomic E-state index is 13.3. The molecule has 4 rings (SSSR count). The van der Waals surface area contributed by atoms with Crippen molar-refractivity contribution in [3.05, 3.63) is 29.3 Å². The van der Waals surface area contributed by atoms with Gasteiger partial charge < -0.3 is 14.6 Å². The van der Waals surface area contributed by atoms with Gasteiger partial charge in [0, 0.05) is 32.5 Å². The standard InChI is InChI=1S/C24H34N2O6Si/c1-6-9-31-24(30)22-20-17-12-15(28)7-8-16(17)18(13-19(20)26-25-14(2)27)21(22)23(29)32-10-11-33(3,4)5/h7-8,12,18,20-22,28H,6,9-11,13H2,1-5H3,(H,25,27)/t18?,20-,21-,22-/m1/s1. The number of phenolic OH excluding ortho intramolecular Hbond substituents is 1. The molecule has 1 unspecified atom stereocenters. The first-order valence-corrected chi connectivity index (χ1v) is 15.2. The summed E-state index contributed by atoms with van der Waals surface area (Å²) in [5, 5.41) is 14.4. The second-order valence-electron chi connectivity index (χ2n) is 10.1. The lowest BCUT2D eigenvalue weighted by molar-refractivity contribution is -0.163. The van der Waals surface area contributed by atoms with Gasteiger partial charge in [0.1, 0.15) is 5.75 Å². The number of nitrogens with zero attached hydrogens (tertiary/aromatic N) is 1. The third-order valence-electron chi connectivity index (χ3n) is 6.22. The number of amides is 1. The van der Waals surface area contributed by atoms with Crippen LogP contribution in [0, 0.1) is 11.8 Å². The molecule has 1 aromatic rings. The molecular formula is C24H34N2O6Si. The lowest BCUT2D eigenvalue weighted by Crippen LogP contribution is -2.51. The van der Waals surface area contributed by atoms with Crippen LogP contribution in [-0.2, 0) is 23.9 Å². The van der Waals surface area contributed by atoms with Crippen LogP contribution in [0.2, 0.25) is 25.7 Å². The number of aromatic hydroxyl groups is 1. The third-order valence-corrected chi connectivity index (χ3v) is 7.92. The van der Waals surface area contributed by atoms with Crippen molar-refractivity contribution >= 4 is 31.6 Å². The number of hydrazone groups is 1. The lowest BCUT2D eigenvalue weighted by atomic mass is 9.55. The molecule has 1 fully saturated rings. The smallest absolute Gasteiger partial charge is 0.310 e. The molecule has 4 atom stereocenters. The van der Waals surface area contributed by atoms with Gasteiger partial charge in [-0.05, 0) is 42.1 Å². The van der Waals surface area contributed by atoms with Crippen LogP contribution in [0.5, 0.6) is 5.75 Å². The lowest BCUT2D eigenvalue weighted by Gasteiger charge is -2.47. The van der Waals surface area contributed by atoms with E-state index >= 15 is 0 Å². The fraction of sp³-hybridized carbons (Fsp3) is 0.583. The van der Waals surface area contributed by atoms with E-state index in [0.29, 0.717) is 25.2 Å². The summed E-state index contributed by atoms with van der Waals surface area (Å²) in [7, 11) is -1.40. The first-order valence-electron chi connectivity index (χ1n) is 11.5. The van der Waals surface area contributed by atoms with E-state index in [0.717, 1.165) is 17.2 Å². The number of fused-ring (bicyclic) bond motifs is 2. The highest BCUT2D eigenvalue weighted by Crippen LogP contribution is 2.55. The number of ether oxygens (including phenoxy) is 2. The van der Waals surface area contributed by atoms with Gasteiger partial charge in [-0.15, -0.1) is 0 Å². The average Bonchev–Trinajstić information content (AvgIpc) is 2.74. The first kappa shape index (κ1) is 24.9. The molecule has 1 amide bonds. The molecule has 0 radical (unpaired) electrons. The van der Waals surface area contributed by atoms with Gasteiger partial charge in [-0.25, -0.2) is 5.43 Å². The molecule has 9 heteroatoms. The van der Waals surface area contributed by atoms with Crippen LogP contribution < -0.4 is 5.43 Å². The monoisotopic (exact) mass is 474 g/mol. The molecule has 180 valence electrons. The Kier molecular flexibility index (Phi) is 7.61. The number of esters is 2. The Labute approximate surface area is 195 Å². The highest BCUT2D eigenvalue weighted by molar-refractivity contribution is 6.76. The van der Waals surface area contributed by atoms with Gasteiger partial charge in [-0.2, -0.15) is 5.10 Å². The highest BCUT2D eigenvalue weighted by atomic mass is 28.3. The van der Waals surface area contributed by atoms with Gasteiger partial charge in [-0.3, -0.25) is 14.4 Å². The van der Waals surface area contributed by atoms with Crippen molar-refractivity contribution < 1.29 is 29.0 Å². The summed E-state index contributed by atoms with van der Waals surface area (Å²) >= 11 is 0. The van der Waals surface area contributed by atoms with Crippen molar-refractivity contribution in [3.8, 4) is 5.75 Å². The number of hydrogen-bond acceptors (Lipinski definition) is 7. The summed E-state index contributed by atoms with van der Waals surface area (Å²) in [6.45, 7) is 10.5. The Morgan fingerprint density at radius 3 is 2.39 bits per heavy atom. The Bertz CT molecular complexity index is 955. The van der Waals surface area contributed by atoms with Crippen molar-refractivity contribution in [2.24, 2.45) is 16.9 Å². The Hall–Kier alpha value is -2.68. The van der Waals surface area contributed by atoms with E-state index in [1.807, 2.05) is 6.92 Å². The molecule has 8 nitrogen and oxygen atoms in total. The van der Waals surface area contributed by atoms with Gasteiger partial charge in [0.25, 0.3) is 0 Å². The van der Waals surface area contributed by atoms with Crippen molar-refractivity contribution in [2.75, 3.05) is 13.2 Å². The fourth-order valence-corrected chi connectivity index (χ4v) is 5.42.